The fourth-order valence-corrected chi connectivity index (χ4v) is 2.92. The van der Waals surface area contributed by atoms with Gasteiger partial charge in [0.2, 0.25) is 11.7 Å². The molecule has 0 unspecified atom stereocenters. The number of rotatable bonds is 9. The summed E-state index contributed by atoms with van der Waals surface area (Å²) in [5.74, 6) is -2.40. The van der Waals surface area contributed by atoms with Gasteiger partial charge >= 0.3 is 5.97 Å². The Bertz CT molecular complexity index is 721. The maximum absolute atomic E-state index is 11.7. The molecule has 6 N–H and O–H groups in total. The second-order valence-electron chi connectivity index (χ2n) is 6.39. The summed E-state index contributed by atoms with van der Waals surface area (Å²) in [5, 5.41) is 58.0. The van der Waals surface area contributed by atoms with Gasteiger partial charge in [-0.05, 0) is 18.9 Å². The highest BCUT2D eigenvalue weighted by atomic mass is 16.5. The largest absolute Gasteiger partial charge is 0.478 e. The molecule has 0 bridgehead atoms. The Kier molecular flexibility index (Phi) is 7.45. The molecular weight excluding hydrogens is 376 g/mol. The molecule has 12 heteroatoms. The molecule has 1 aliphatic rings. The van der Waals surface area contributed by atoms with Crippen molar-refractivity contribution in [3.8, 4) is 0 Å². The average molecular weight is 400 g/mol. The molecule has 0 aliphatic carbocycles. The zero-order chi connectivity index (χ0) is 20.8. The Hall–Kier alpha value is -2.54. The van der Waals surface area contributed by atoms with Crippen LogP contribution in [-0.4, -0.2) is 90.0 Å². The molecule has 0 aromatic carbocycles. The first-order valence-corrected chi connectivity index (χ1v) is 8.66. The van der Waals surface area contributed by atoms with Crippen molar-refractivity contribution < 1.29 is 39.9 Å². The van der Waals surface area contributed by atoms with Gasteiger partial charge in [-0.2, -0.15) is 0 Å². The third-order valence-electron chi connectivity index (χ3n) is 4.26. The van der Waals surface area contributed by atoms with E-state index >= 15 is 0 Å². The van der Waals surface area contributed by atoms with Gasteiger partial charge in [-0.3, -0.25) is 4.79 Å². The van der Waals surface area contributed by atoms with Crippen molar-refractivity contribution in [2.75, 3.05) is 13.2 Å². The number of amides is 1. The highest BCUT2D eigenvalue weighted by Gasteiger charge is 2.44. The van der Waals surface area contributed by atoms with Crippen molar-refractivity contribution in [1.29, 1.82) is 0 Å². The highest BCUT2D eigenvalue weighted by molar-refractivity contribution is 5.84. The van der Waals surface area contributed by atoms with Crippen LogP contribution in [0.5, 0.6) is 0 Å². The minimum atomic E-state index is -1.69. The third kappa shape index (κ3) is 5.04. The van der Waals surface area contributed by atoms with Crippen LogP contribution < -0.4 is 5.32 Å². The van der Waals surface area contributed by atoms with Gasteiger partial charge in [0.15, 0.2) is 0 Å². The summed E-state index contributed by atoms with van der Waals surface area (Å²) in [6.07, 6.45) is -1.05. The topological polar surface area (TPSA) is 187 Å². The van der Waals surface area contributed by atoms with Gasteiger partial charge in [0.25, 0.3) is 0 Å². The molecule has 12 nitrogen and oxygen atoms in total. The van der Waals surface area contributed by atoms with Gasteiger partial charge in [-0.15, -0.1) is 5.10 Å². The highest BCUT2D eigenvalue weighted by Crippen LogP contribution is 2.29. The van der Waals surface area contributed by atoms with Gasteiger partial charge in [-0.25, -0.2) is 9.48 Å². The van der Waals surface area contributed by atoms with E-state index in [1.807, 2.05) is 0 Å². The van der Waals surface area contributed by atoms with Gasteiger partial charge in [0.05, 0.1) is 24.4 Å². The summed E-state index contributed by atoms with van der Waals surface area (Å²) in [6, 6.07) is -1.91. The van der Waals surface area contributed by atoms with Crippen LogP contribution in [0.15, 0.2) is 18.0 Å². The maximum atomic E-state index is 11.7. The number of carbonyl (C=O) groups excluding carboxylic acids is 1. The first-order chi connectivity index (χ1) is 13.3. The molecule has 0 fully saturated rings. The second kappa shape index (κ2) is 9.59. The Balaban J connectivity index is 2.44. The number of aliphatic carboxylic acids is 1. The van der Waals surface area contributed by atoms with E-state index in [0.717, 1.165) is 0 Å². The van der Waals surface area contributed by atoms with Crippen molar-refractivity contribution in [3.63, 3.8) is 0 Å². The fourth-order valence-electron chi connectivity index (χ4n) is 2.92. The lowest BCUT2D eigenvalue weighted by Crippen LogP contribution is -2.58. The zero-order valence-corrected chi connectivity index (χ0v) is 15.2. The molecular formula is C16H24N4O8. The van der Waals surface area contributed by atoms with Gasteiger partial charge in [0, 0.05) is 19.7 Å². The van der Waals surface area contributed by atoms with Crippen molar-refractivity contribution in [1.82, 2.24) is 20.3 Å². The molecule has 2 rings (SSSR count). The number of nitrogens with one attached hydrogen (secondary N) is 1. The number of hydrogen-bond acceptors (Lipinski definition) is 9. The number of hydrogen-bond donors (Lipinski definition) is 6. The average Bonchev–Trinajstić information content (AvgIpc) is 3.13. The number of nitrogens with zero attached hydrogens (tertiary/aromatic N) is 3. The van der Waals surface area contributed by atoms with Crippen LogP contribution in [0.25, 0.3) is 0 Å². The lowest BCUT2D eigenvalue weighted by atomic mass is 9.92. The number of aliphatic hydroxyl groups excluding tert-OH is 4. The number of aryl methyl sites for hydroxylation is 1. The minimum Gasteiger partial charge on any atom is -0.478 e. The molecule has 28 heavy (non-hydrogen) atoms. The van der Waals surface area contributed by atoms with Crippen molar-refractivity contribution in [3.05, 3.63) is 23.7 Å². The molecule has 1 amide bonds. The quantitative estimate of drug-likeness (QED) is 0.255. The number of carboxylic acid groups (broad SMARTS) is 1. The molecule has 1 aliphatic heterocycles. The fraction of sp³-hybridized carbons (Fsp3) is 0.625. The Morgan fingerprint density at radius 2 is 2.07 bits per heavy atom. The summed E-state index contributed by atoms with van der Waals surface area (Å²) in [4.78, 5) is 23.2. The molecule has 1 aromatic rings. The lowest BCUT2D eigenvalue weighted by Gasteiger charge is -2.39. The Morgan fingerprint density at radius 1 is 1.36 bits per heavy atom. The number of carbonyl (C=O) groups is 2. The molecule has 5 atom stereocenters. The Morgan fingerprint density at radius 3 is 2.64 bits per heavy atom. The standard InChI is InChI=1S/C16H24N4O8/c1-8(23)17-13-10(20-6-9(18-19-20)3-2-4-21)5-12(16(26)27)28-15(13)14(25)11(24)7-22/h5-6,10-11,13-15,21-22,24-25H,2-4,7H2,1H3,(H,17,23)(H,26,27)/t10-,11+,13+,14+,15+/m0/s1. The molecule has 1 aromatic heterocycles. The summed E-state index contributed by atoms with van der Waals surface area (Å²) in [6.45, 7) is 0.404. The number of aromatic nitrogens is 3. The molecule has 2 heterocycles. The SMILES string of the molecule is CC(=O)N[C@H]1[C@H]([C@H](O)[C@H](O)CO)OC(C(=O)O)=C[C@@H]1n1cc(CCCO)nn1. The maximum Gasteiger partial charge on any atom is 0.370 e. The molecule has 0 saturated carbocycles. The van der Waals surface area contributed by atoms with Crippen LogP contribution in [0.1, 0.15) is 25.1 Å². The van der Waals surface area contributed by atoms with Gasteiger partial charge in [-0.1, -0.05) is 5.21 Å². The summed E-state index contributed by atoms with van der Waals surface area (Å²) in [5.41, 5.74) is 0.542. The van der Waals surface area contributed by atoms with E-state index in [-0.39, 0.29) is 6.61 Å². The molecule has 0 radical (unpaired) electrons. The third-order valence-corrected chi connectivity index (χ3v) is 4.26. The predicted octanol–water partition coefficient (Wildman–Crippen LogP) is -2.67. The summed E-state index contributed by atoms with van der Waals surface area (Å²) in [7, 11) is 0. The summed E-state index contributed by atoms with van der Waals surface area (Å²) >= 11 is 0. The molecule has 0 spiro atoms. The van der Waals surface area contributed by atoms with Crippen molar-refractivity contribution >= 4 is 11.9 Å². The number of ether oxygens (including phenoxy) is 1. The minimum absolute atomic E-state index is 0.0327. The lowest BCUT2D eigenvalue weighted by molar-refractivity contribution is -0.147. The van der Waals surface area contributed by atoms with E-state index in [4.69, 9.17) is 14.9 Å². The van der Waals surface area contributed by atoms with Crippen LogP contribution in [0, 0.1) is 0 Å². The van der Waals surface area contributed by atoms with E-state index in [0.29, 0.717) is 18.5 Å². The molecule has 156 valence electrons. The number of carboxylic acids is 1. The van der Waals surface area contributed by atoms with E-state index < -0.39 is 54.6 Å². The van der Waals surface area contributed by atoms with Crippen LogP contribution in [-0.2, 0) is 20.7 Å². The second-order valence-corrected chi connectivity index (χ2v) is 6.39. The van der Waals surface area contributed by atoms with Crippen molar-refractivity contribution in [2.45, 2.75) is 50.2 Å². The summed E-state index contributed by atoms with van der Waals surface area (Å²) < 4.78 is 6.61. The first-order valence-electron chi connectivity index (χ1n) is 8.66. The van der Waals surface area contributed by atoms with E-state index in [1.54, 1.807) is 0 Å². The van der Waals surface area contributed by atoms with E-state index in [2.05, 4.69) is 15.6 Å². The Labute approximate surface area is 160 Å². The van der Waals surface area contributed by atoms with Gasteiger partial charge < -0.3 is 35.6 Å². The smallest absolute Gasteiger partial charge is 0.370 e. The monoisotopic (exact) mass is 400 g/mol. The van der Waals surface area contributed by atoms with Crippen LogP contribution in [0.2, 0.25) is 0 Å². The van der Waals surface area contributed by atoms with Crippen molar-refractivity contribution in [2.24, 2.45) is 0 Å². The normalized spacial score (nSPS) is 24.0. The van der Waals surface area contributed by atoms with Crippen LogP contribution >= 0.6 is 0 Å². The molecule has 0 saturated heterocycles. The first kappa shape index (κ1) is 21.8. The van der Waals surface area contributed by atoms with Crippen LogP contribution in [0.4, 0.5) is 0 Å². The predicted molar refractivity (Wildman–Crippen MR) is 91.8 cm³/mol. The van der Waals surface area contributed by atoms with E-state index in [1.165, 1.54) is 23.9 Å². The van der Waals surface area contributed by atoms with Gasteiger partial charge in [0.1, 0.15) is 18.3 Å². The van der Waals surface area contributed by atoms with E-state index in [9.17, 15) is 24.9 Å². The van der Waals surface area contributed by atoms with Crippen LogP contribution in [0.3, 0.4) is 0 Å². The zero-order valence-electron chi connectivity index (χ0n) is 15.2. The number of aliphatic hydroxyl groups is 4.